The SMILES string of the molecule is CC[C@@H](N)C(=O)Nc1ccc(Cl)cc1C(F)(F)F. The Morgan fingerprint density at radius 1 is 1.50 bits per heavy atom. The van der Waals surface area contributed by atoms with Gasteiger partial charge in [-0.25, -0.2) is 0 Å². The van der Waals surface area contributed by atoms with E-state index in [-0.39, 0.29) is 10.7 Å². The first-order valence-corrected chi connectivity index (χ1v) is 5.56. The molecule has 0 unspecified atom stereocenters. The molecule has 1 amide bonds. The van der Waals surface area contributed by atoms with Crippen molar-refractivity contribution in [1.29, 1.82) is 0 Å². The third-order valence-electron chi connectivity index (χ3n) is 2.32. The van der Waals surface area contributed by atoms with Gasteiger partial charge in [0.1, 0.15) is 0 Å². The van der Waals surface area contributed by atoms with Gasteiger partial charge in [0.2, 0.25) is 5.91 Å². The summed E-state index contributed by atoms with van der Waals surface area (Å²) in [6, 6.07) is 2.28. The molecule has 0 radical (unpaired) electrons. The van der Waals surface area contributed by atoms with E-state index in [2.05, 4.69) is 5.32 Å². The molecule has 0 aliphatic heterocycles. The average molecular weight is 281 g/mol. The second kappa shape index (κ2) is 5.58. The zero-order chi connectivity index (χ0) is 13.9. The van der Waals surface area contributed by atoms with Gasteiger partial charge in [-0.3, -0.25) is 4.79 Å². The molecule has 3 nitrogen and oxygen atoms in total. The van der Waals surface area contributed by atoms with Gasteiger partial charge in [-0.05, 0) is 24.6 Å². The standard InChI is InChI=1S/C11H12ClF3N2O/c1-2-8(16)10(18)17-9-4-3-6(12)5-7(9)11(13,14)15/h3-5,8H,2,16H2,1H3,(H,17,18)/t8-/m1/s1. The van der Waals surface area contributed by atoms with E-state index in [1.807, 2.05) is 0 Å². The molecule has 0 spiro atoms. The van der Waals surface area contributed by atoms with Gasteiger partial charge in [0, 0.05) is 5.02 Å². The van der Waals surface area contributed by atoms with Crippen LogP contribution in [-0.2, 0) is 11.0 Å². The number of benzene rings is 1. The summed E-state index contributed by atoms with van der Waals surface area (Å²) in [5.74, 6) is -0.662. The number of hydrogen-bond donors (Lipinski definition) is 2. The van der Waals surface area contributed by atoms with Gasteiger partial charge in [-0.1, -0.05) is 18.5 Å². The fourth-order valence-corrected chi connectivity index (χ4v) is 1.44. The van der Waals surface area contributed by atoms with Crippen molar-refractivity contribution in [3.8, 4) is 0 Å². The molecule has 0 heterocycles. The second-order valence-electron chi connectivity index (χ2n) is 3.69. The Balaban J connectivity index is 3.06. The van der Waals surface area contributed by atoms with Crippen LogP contribution in [-0.4, -0.2) is 11.9 Å². The topological polar surface area (TPSA) is 55.1 Å². The summed E-state index contributed by atoms with van der Waals surface area (Å²) in [6.07, 6.45) is -4.26. The van der Waals surface area contributed by atoms with E-state index in [1.165, 1.54) is 6.07 Å². The van der Waals surface area contributed by atoms with E-state index in [0.29, 0.717) is 6.42 Å². The Bertz CT molecular complexity index is 448. The highest BCUT2D eigenvalue weighted by molar-refractivity contribution is 6.30. The van der Waals surface area contributed by atoms with E-state index in [0.717, 1.165) is 12.1 Å². The average Bonchev–Trinajstić information content (AvgIpc) is 2.28. The molecular formula is C11H12ClF3N2O. The van der Waals surface area contributed by atoms with Gasteiger partial charge in [0.25, 0.3) is 0 Å². The van der Waals surface area contributed by atoms with Crippen molar-refractivity contribution in [2.75, 3.05) is 5.32 Å². The summed E-state index contributed by atoms with van der Waals surface area (Å²) in [7, 11) is 0. The second-order valence-corrected chi connectivity index (χ2v) is 4.13. The molecule has 100 valence electrons. The molecule has 0 fully saturated rings. The van der Waals surface area contributed by atoms with Gasteiger partial charge in [-0.15, -0.1) is 0 Å². The van der Waals surface area contributed by atoms with Crippen LogP contribution >= 0.6 is 11.6 Å². The van der Waals surface area contributed by atoms with Crippen molar-refractivity contribution < 1.29 is 18.0 Å². The smallest absolute Gasteiger partial charge is 0.324 e. The first kappa shape index (κ1) is 14.8. The Labute approximate surface area is 107 Å². The van der Waals surface area contributed by atoms with Crippen LogP contribution in [0.25, 0.3) is 0 Å². The number of anilines is 1. The summed E-state index contributed by atoms with van der Waals surface area (Å²) < 4.78 is 38.2. The highest BCUT2D eigenvalue weighted by atomic mass is 35.5. The monoisotopic (exact) mass is 280 g/mol. The molecule has 0 aliphatic rings. The number of amides is 1. The van der Waals surface area contributed by atoms with Crippen molar-refractivity contribution in [2.45, 2.75) is 25.6 Å². The van der Waals surface area contributed by atoms with Crippen molar-refractivity contribution in [3.63, 3.8) is 0 Å². The lowest BCUT2D eigenvalue weighted by atomic mass is 10.1. The summed E-state index contributed by atoms with van der Waals surface area (Å²) in [4.78, 5) is 11.5. The maximum atomic E-state index is 12.7. The molecule has 0 saturated heterocycles. The predicted octanol–water partition coefficient (Wildman–Crippen LogP) is 3.03. The van der Waals surface area contributed by atoms with Crippen LogP contribution in [0.15, 0.2) is 18.2 Å². The molecule has 0 aromatic heterocycles. The number of alkyl halides is 3. The first-order valence-electron chi connectivity index (χ1n) is 5.19. The van der Waals surface area contributed by atoms with Gasteiger partial charge in [0.05, 0.1) is 17.3 Å². The minimum absolute atomic E-state index is 0.0555. The summed E-state index contributed by atoms with van der Waals surface area (Å²) >= 11 is 5.51. The fraction of sp³-hybridized carbons (Fsp3) is 0.364. The van der Waals surface area contributed by atoms with Crippen LogP contribution in [0.3, 0.4) is 0 Å². The van der Waals surface area contributed by atoms with Crippen LogP contribution in [0.5, 0.6) is 0 Å². The number of carbonyl (C=O) groups excluding carboxylic acids is 1. The lowest BCUT2D eigenvalue weighted by Gasteiger charge is -2.16. The lowest BCUT2D eigenvalue weighted by molar-refractivity contribution is -0.137. The van der Waals surface area contributed by atoms with Crippen LogP contribution in [0.4, 0.5) is 18.9 Å². The molecule has 1 rings (SSSR count). The zero-order valence-corrected chi connectivity index (χ0v) is 10.3. The summed E-state index contributed by atoms with van der Waals surface area (Å²) in [6.45, 7) is 1.66. The Kier molecular flexibility index (Phi) is 4.59. The normalized spacial score (nSPS) is 13.2. The number of rotatable bonds is 3. The fourth-order valence-electron chi connectivity index (χ4n) is 1.27. The number of nitrogens with one attached hydrogen (secondary N) is 1. The lowest BCUT2D eigenvalue weighted by Crippen LogP contribution is -2.35. The molecule has 0 saturated carbocycles. The Morgan fingerprint density at radius 2 is 2.11 bits per heavy atom. The molecule has 1 aromatic carbocycles. The van der Waals surface area contributed by atoms with Gasteiger partial charge in [-0.2, -0.15) is 13.2 Å². The van der Waals surface area contributed by atoms with E-state index in [9.17, 15) is 18.0 Å². The molecule has 7 heteroatoms. The van der Waals surface area contributed by atoms with E-state index >= 15 is 0 Å². The number of hydrogen-bond acceptors (Lipinski definition) is 2. The van der Waals surface area contributed by atoms with Crippen molar-refractivity contribution in [2.24, 2.45) is 5.73 Å². The van der Waals surface area contributed by atoms with Crippen LogP contribution < -0.4 is 11.1 Å². The third-order valence-corrected chi connectivity index (χ3v) is 2.56. The van der Waals surface area contributed by atoms with Crippen molar-refractivity contribution >= 4 is 23.2 Å². The van der Waals surface area contributed by atoms with Gasteiger partial charge < -0.3 is 11.1 Å². The van der Waals surface area contributed by atoms with Crippen LogP contribution in [0, 0.1) is 0 Å². The number of halogens is 4. The molecule has 1 atom stereocenters. The minimum atomic E-state index is -4.59. The zero-order valence-electron chi connectivity index (χ0n) is 9.51. The van der Waals surface area contributed by atoms with Crippen LogP contribution in [0.2, 0.25) is 5.02 Å². The largest absolute Gasteiger partial charge is 0.418 e. The van der Waals surface area contributed by atoms with Gasteiger partial charge in [0.15, 0.2) is 0 Å². The highest BCUT2D eigenvalue weighted by Crippen LogP contribution is 2.36. The molecular weight excluding hydrogens is 269 g/mol. The highest BCUT2D eigenvalue weighted by Gasteiger charge is 2.34. The van der Waals surface area contributed by atoms with Crippen LogP contribution in [0.1, 0.15) is 18.9 Å². The van der Waals surface area contributed by atoms with Gasteiger partial charge >= 0.3 is 6.18 Å². The Morgan fingerprint density at radius 3 is 2.61 bits per heavy atom. The maximum Gasteiger partial charge on any atom is 0.418 e. The third kappa shape index (κ3) is 3.61. The molecule has 1 aromatic rings. The minimum Gasteiger partial charge on any atom is -0.324 e. The predicted molar refractivity (Wildman–Crippen MR) is 63.4 cm³/mol. The Hall–Kier alpha value is -1.27. The quantitative estimate of drug-likeness (QED) is 0.894. The molecule has 0 aliphatic carbocycles. The van der Waals surface area contributed by atoms with Crippen molar-refractivity contribution in [1.82, 2.24) is 0 Å². The number of nitrogens with two attached hydrogens (primary N) is 1. The molecule has 0 bridgehead atoms. The summed E-state index contributed by atoms with van der Waals surface area (Å²) in [5, 5.41) is 2.10. The maximum absolute atomic E-state index is 12.7. The summed E-state index contributed by atoms with van der Waals surface area (Å²) in [5.41, 5.74) is 4.09. The van der Waals surface area contributed by atoms with E-state index < -0.39 is 23.7 Å². The van der Waals surface area contributed by atoms with Crippen molar-refractivity contribution in [3.05, 3.63) is 28.8 Å². The van der Waals surface area contributed by atoms with E-state index in [4.69, 9.17) is 17.3 Å². The number of carbonyl (C=O) groups is 1. The first-order chi connectivity index (χ1) is 8.25. The molecule has 3 N–H and O–H groups in total. The molecule has 18 heavy (non-hydrogen) atoms. The van der Waals surface area contributed by atoms with E-state index in [1.54, 1.807) is 6.92 Å².